The lowest BCUT2D eigenvalue weighted by atomic mass is 9.97. The molecule has 0 aromatic rings. The molecule has 0 N–H and O–H groups in total. The summed E-state index contributed by atoms with van der Waals surface area (Å²) in [5.41, 5.74) is 1.46. The zero-order chi connectivity index (χ0) is 5.11. The van der Waals surface area contributed by atoms with Gasteiger partial charge in [0.1, 0.15) is 0 Å². The topological polar surface area (TPSA) is 0 Å². The molecule has 0 spiro atoms. The van der Waals surface area contributed by atoms with Gasteiger partial charge in [-0.15, -0.1) is 0 Å². The lowest BCUT2D eigenvalue weighted by Gasteiger charge is -2.10. The van der Waals surface area contributed by atoms with Gasteiger partial charge < -0.3 is 0 Å². The molecule has 0 heteroatoms. The summed E-state index contributed by atoms with van der Waals surface area (Å²) in [7, 11) is 0. The van der Waals surface area contributed by atoms with Crippen LogP contribution in [0, 0.1) is 0 Å². The van der Waals surface area contributed by atoms with Gasteiger partial charge in [0.2, 0.25) is 0 Å². The molecule has 1 rings (SSSR count). The fourth-order valence-electron chi connectivity index (χ4n) is 1.05. The Morgan fingerprint density at radius 1 is 1.14 bits per heavy atom. The second-order valence-corrected chi connectivity index (χ2v) is 2.31. The molecule has 1 aliphatic rings. The Labute approximate surface area is 46.7 Å². The van der Waals surface area contributed by atoms with Crippen LogP contribution in [0.3, 0.4) is 0 Å². The molecular weight excluding hydrogens is 84.1 g/mol. The molecular formula is C7H14. The van der Waals surface area contributed by atoms with Crippen LogP contribution in [0.15, 0.2) is 12.2 Å². The summed E-state index contributed by atoms with van der Waals surface area (Å²) in [5, 5.41) is 0. The van der Waals surface area contributed by atoms with Crippen LogP contribution >= 0.6 is 0 Å². The van der Waals surface area contributed by atoms with E-state index in [9.17, 15) is 0 Å². The average Bonchev–Trinajstić information content (AvgIpc) is 1.69. The van der Waals surface area contributed by atoms with Crippen molar-refractivity contribution in [3.8, 4) is 0 Å². The molecule has 0 bridgehead atoms. The van der Waals surface area contributed by atoms with E-state index in [2.05, 4.69) is 6.58 Å². The van der Waals surface area contributed by atoms with Crippen LogP contribution in [0.1, 0.15) is 33.5 Å². The van der Waals surface area contributed by atoms with Crippen LogP contribution in [0.25, 0.3) is 0 Å². The van der Waals surface area contributed by atoms with E-state index >= 15 is 0 Å². The van der Waals surface area contributed by atoms with E-state index in [4.69, 9.17) is 0 Å². The lowest BCUT2D eigenvalue weighted by Crippen LogP contribution is -1.90. The van der Waals surface area contributed by atoms with Gasteiger partial charge in [0.25, 0.3) is 0 Å². The van der Waals surface area contributed by atoms with Crippen LogP contribution < -0.4 is 0 Å². The molecule has 0 heterocycles. The van der Waals surface area contributed by atoms with Gasteiger partial charge in [-0.3, -0.25) is 0 Å². The third-order valence-electron chi connectivity index (χ3n) is 1.56. The van der Waals surface area contributed by atoms with Crippen LogP contribution in [0.5, 0.6) is 0 Å². The third kappa shape index (κ3) is 1.34. The molecule has 7 heavy (non-hydrogen) atoms. The first-order chi connectivity index (χ1) is 3.39. The number of hydrogen-bond donors (Lipinski definition) is 0. The Morgan fingerprint density at radius 3 is 2.00 bits per heavy atom. The lowest BCUT2D eigenvalue weighted by molar-refractivity contribution is 0.601. The van der Waals surface area contributed by atoms with Crippen molar-refractivity contribution < 1.29 is 1.43 Å². The van der Waals surface area contributed by atoms with Crippen LogP contribution in [-0.4, -0.2) is 0 Å². The highest BCUT2D eigenvalue weighted by Crippen LogP contribution is 2.20. The summed E-state index contributed by atoms with van der Waals surface area (Å²) < 4.78 is 0. The van der Waals surface area contributed by atoms with Crippen molar-refractivity contribution in [2.45, 2.75) is 32.1 Å². The first-order valence-electron chi connectivity index (χ1n) is 3.06. The molecule has 0 amide bonds. The van der Waals surface area contributed by atoms with Crippen LogP contribution in [0.2, 0.25) is 0 Å². The maximum absolute atomic E-state index is 3.91. The molecule has 1 saturated carbocycles. The quantitative estimate of drug-likeness (QED) is 0.409. The summed E-state index contributed by atoms with van der Waals surface area (Å²) in [6.07, 6.45) is 6.79. The highest BCUT2D eigenvalue weighted by molar-refractivity contribution is 4.95. The molecule has 0 aliphatic heterocycles. The Kier molecular flexibility index (Phi) is 1.50. The number of hydrogen-bond acceptors (Lipinski definition) is 0. The Hall–Kier alpha value is -0.260. The number of allylic oxidation sites excluding steroid dienone is 1. The van der Waals surface area contributed by atoms with Crippen molar-refractivity contribution in [3.63, 3.8) is 0 Å². The summed E-state index contributed by atoms with van der Waals surface area (Å²) in [4.78, 5) is 0. The van der Waals surface area contributed by atoms with E-state index in [0.29, 0.717) is 0 Å². The Balaban J connectivity index is 0.000000490. The van der Waals surface area contributed by atoms with Gasteiger partial charge in [-0.1, -0.05) is 18.6 Å². The maximum Gasteiger partial charge on any atom is 0 e. The highest BCUT2D eigenvalue weighted by Gasteiger charge is 2.00. The van der Waals surface area contributed by atoms with Crippen molar-refractivity contribution in [3.05, 3.63) is 12.2 Å². The van der Waals surface area contributed by atoms with E-state index in [1.54, 1.807) is 0 Å². The van der Waals surface area contributed by atoms with E-state index in [0.717, 1.165) is 0 Å². The van der Waals surface area contributed by atoms with Crippen LogP contribution in [-0.2, 0) is 0 Å². The first-order valence-corrected chi connectivity index (χ1v) is 3.06. The van der Waals surface area contributed by atoms with Crippen molar-refractivity contribution in [2.24, 2.45) is 0 Å². The molecule has 1 aliphatic carbocycles. The minimum atomic E-state index is 0. The largest absolute Gasteiger partial charge is 0.0999 e. The minimum Gasteiger partial charge on any atom is -0.0999 e. The van der Waals surface area contributed by atoms with Gasteiger partial charge in [0, 0.05) is 1.43 Å². The summed E-state index contributed by atoms with van der Waals surface area (Å²) in [5.74, 6) is 0. The van der Waals surface area contributed by atoms with Gasteiger partial charge in [-0.2, -0.15) is 0 Å². The molecule has 0 saturated heterocycles. The fraction of sp³-hybridized carbons (Fsp3) is 0.714. The van der Waals surface area contributed by atoms with E-state index in [1.165, 1.54) is 37.7 Å². The first kappa shape index (κ1) is 4.89. The predicted octanol–water partition coefficient (Wildman–Crippen LogP) is 2.75. The zero-order valence-electron chi connectivity index (χ0n) is 4.74. The SMILES string of the molecule is C=C1CCCCC1.[HH]. The zero-order valence-corrected chi connectivity index (χ0v) is 4.74. The van der Waals surface area contributed by atoms with Gasteiger partial charge in [-0.05, 0) is 25.7 Å². The predicted molar refractivity (Wildman–Crippen MR) is 34.3 cm³/mol. The molecule has 0 aromatic heterocycles. The summed E-state index contributed by atoms with van der Waals surface area (Å²) in [6.45, 7) is 3.91. The molecule has 0 nitrogen and oxygen atoms in total. The fourth-order valence-corrected chi connectivity index (χ4v) is 1.05. The smallest absolute Gasteiger partial charge is 0 e. The third-order valence-corrected chi connectivity index (χ3v) is 1.56. The van der Waals surface area contributed by atoms with Crippen molar-refractivity contribution >= 4 is 0 Å². The van der Waals surface area contributed by atoms with Gasteiger partial charge in [0.05, 0.1) is 0 Å². The second kappa shape index (κ2) is 2.15. The normalized spacial score (nSPS) is 22.6. The maximum atomic E-state index is 3.91. The molecule has 0 atom stereocenters. The highest BCUT2D eigenvalue weighted by atomic mass is 14.1. The second-order valence-electron chi connectivity index (χ2n) is 2.31. The van der Waals surface area contributed by atoms with Crippen molar-refractivity contribution in [1.82, 2.24) is 0 Å². The van der Waals surface area contributed by atoms with Crippen LogP contribution in [0.4, 0.5) is 0 Å². The average molecular weight is 98.2 g/mol. The molecule has 0 aromatic carbocycles. The molecule has 1 fully saturated rings. The molecule has 0 unspecified atom stereocenters. The van der Waals surface area contributed by atoms with E-state index in [1.807, 2.05) is 0 Å². The molecule has 0 radical (unpaired) electrons. The van der Waals surface area contributed by atoms with E-state index in [-0.39, 0.29) is 1.43 Å². The van der Waals surface area contributed by atoms with Crippen molar-refractivity contribution in [1.29, 1.82) is 0 Å². The molecule has 42 valence electrons. The van der Waals surface area contributed by atoms with E-state index < -0.39 is 0 Å². The van der Waals surface area contributed by atoms with Gasteiger partial charge in [0.15, 0.2) is 0 Å². The Bertz CT molecular complexity index is 68.5. The van der Waals surface area contributed by atoms with Gasteiger partial charge >= 0.3 is 0 Å². The Morgan fingerprint density at radius 2 is 1.71 bits per heavy atom. The van der Waals surface area contributed by atoms with Gasteiger partial charge in [-0.25, -0.2) is 0 Å². The number of rotatable bonds is 0. The minimum absolute atomic E-state index is 0. The monoisotopic (exact) mass is 98.1 g/mol. The summed E-state index contributed by atoms with van der Waals surface area (Å²) >= 11 is 0. The summed E-state index contributed by atoms with van der Waals surface area (Å²) in [6, 6.07) is 0. The van der Waals surface area contributed by atoms with Crippen molar-refractivity contribution in [2.75, 3.05) is 0 Å². The standard InChI is InChI=1S/C7H12.H2/c1-7-5-3-2-4-6-7;/h1-6H2;1H.